The molecule has 27 heavy (non-hydrogen) atoms. The number of carbonyl (C=O) groups is 1. The maximum Gasteiger partial charge on any atom is 0.225 e. The first kappa shape index (κ1) is 22.0. The van der Waals surface area contributed by atoms with Gasteiger partial charge in [-0.25, -0.2) is 0 Å². The van der Waals surface area contributed by atoms with Crippen LogP contribution in [0.2, 0.25) is 0 Å². The van der Waals surface area contributed by atoms with Gasteiger partial charge in [0.1, 0.15) is 0 Å². The van der Waals surface area contributed by atoms with Crippen molar-refractivity contribution in [1.29, 1.82) is 0 Å². The van der Waals surface area contributed by atoms with Crippen LogP contribution in [0.25, 0.3) is 0 Å². The van der Waals surface area contributed by atoms with Gasteiger partial charge in [0.05, 0.1) is 13.2 Å². The van der Waals surface area contributed by atoms with Crippen LogP contribution in [-0.2, 0) is 9.53 Å². The average molecular weight is 382 g/mol. The molecule has 156 valence electrons. The Labute approximate surface area is 164 Å². The molecule has 1 atom stereocenters. The lowest BCUT2D eigenvalue weighted by molar-refractivity contribution is -0.135. The fourth-order valence-corrected chi connectivity index (χ4v) is 3.65. The summed E-state index contributed by atoms with van der Waals surface area (Å²) in [5.74, 6) is 1.77. The molecule has 2 rings (SSSR count). The van der Waals surface area contributed by atoms with E-state index in [4.69, 9.17) is 9.73 Å². The quantitative estimate of drug-likeness (QED) is 0.512. The standard InChI is InChI=1S/C20H39N5O2/c1-5-21-20(22-14-17(4)15-24-10-12-27-13-11-24)23-18-6-8-25(9-7-18)19(26)16(2)3/h16-18H,5-15H2,1-4H3,(H2,21,22,23). The molecule has 2 saturated heterocycles. The van der Waals surface area contributed by atoms with Crippen molar-refractivity contribution in [3.8, 4) is 0 Å². The van der Waals surface area contributed by atoms with Crippen LogP contribution in [0.15, 0.2) is 4.99 Å². The number of nitrogens with one attached hydrogen (secondary N) is 2. The second-order valence-electron chi connectivity index (χ2n) is 8.14. The number of guanidine groups is 1. The third-order valence-electron chi connectivity index (χ3n) is 5.22. The molecule has 0 aromatic carbocycles. The van der Waals surface area contributed by atoms with E-state index in [2.05, 4.69) is 29.4 Å². The molecule has 2 N–H and O–H groups in total. The molecule has 0 saturated carbocycles. The molecule has 0 radical (unpaired) electrons. The minimum absolute atomic E-state index is 0.0846. The van der Waals surface area contributed by atoms with Gasteiger partial charge in [-0.3, -0.25) is 14.7 Å². The summed E-state index contributed by atoms with van der Waals surface area (Å²) < 4.78 is 5.42. The highest BCUT2D eigenvalue weighted by Gasteiger charge is 2.24. The highest BCUT2D eigenvalue weighted by molar-refractivity contribution is 5.80. The molecule has 7 nitrogen and oxygen atoms in total. The molecule has 2 fully saturated rings. The monoisotopic (exact) mass is 381 g/mol. The Morgan fingerprint density at radius 3 is 2.41 bits per heavy atom. The molecule has 1 amide bonds. The van der Waals surface area contributed by atoms with E-state index >= 15 is 0 Å². The minimum atomic E-state index is 0.0846. The van der Waals surface area contributed by atoms with Gasteiger partial charge in [0.15, 0.2) is 5.96 Å². The zero-order valence-corrected chi connectivity index (χ0v) is 17.7. The van der Waals surface area contributed by atoms with Crippen molar-refractivity contribution in [3.05, 3.63) is 0 Å². The van der Waals surface area contributed by atoms with E-state index in [-0.39, 0.29) is 11.8 Å². The molecule has 2 aliphatic heterocycles. The lowest BCUT2D eigenvalue weighted by atomic mass is 10.0. The first-order chi connectivity index (χ1) is 13.0. The molecule has 0 spiro atoms. The number of piperidine rings is 1. The Hall–Kier alpha value is -1.34. The van der Waals surface area contributed by atoms with Gasteiger partial charge in [-0.2, -0.15) is 0 Å². The van der Waals surface area contributed by atoms with E-state index in [1.54, 1.807) is 0 Å². The molecule has 0 aromatic heterocycles. The predicted octanol–water partition coefficient (Wildman–Crippen LogP) is 1.16. The summed E-state index contributed by atoms with van der Waals surface area (Å²) in [6, 6.07) is 0.383. The van der Waals surface area contributed by atoms with Crippen LogP contribution in [0.3, 0.4) is 0 Å². The topological polar surface area (TPSA) is 69.2 Å². The summed E-state index contributed by atoms with van der Waals surface area (Å²) in [5.41, 5.74) is 0. The van der Waals surface area contributed by atoms with Gasteiger partial charge in [0.2, 0.25) is 5.91 Å². The third kappa shape index (κ3) is 7.66. The van der Waals surface area contributed by atoms with Crippen molar-refractivity contribution in [2.45, 2.75) is 46.6 Å². The maximum atomic E-state index is 12.1. The number of hydrogen-bond donors (Lipinski definition) is 2. The largest absolute Gasteiger partial charge is 0.379 e. The third-order valence-corrected chi connectivity index (χ3v) is 5.22. The zero-order valence-electron chi connectivity index (χ0n) is 17.7. The summed E-state index contributed by atoms with van der Waals surface area (Å²) in [5, 5.41) is 6.94. The fourth-order valence-electron chi connectivity index (χ4n) is 3.65. The van der Waals surface area contributed by atoms with Gasteiger partial charge < -0.3 is 20.3 Å². The molecule has 7 heteroatoms. The van der Waals surface area contributed by atoms with Crippen LogP contribution in [0.5, 0.6) is 0 Å². The Morgan fingerprint density at radius 1 is 1.15 bits per heavy atom. The Balaban J connectivity index is 1.77. The van der Waals surface area contributed by atoms with Crippen LogP contribution in [0, 0.1) is 11.8 Å². The first-order valence-corrected chi connectivity index (χ1v) is 10.6. The number of morpholine rings is 1. The van der Waals surface area contributed by atoms with Crippen LogP contribution >= 0.6 is 0 Å². The number of ether oxygens (including phenoxy) is 1. The van der Waals surface area contributed by atoms with Crippen molar-refractivity contribution in [2.75, 3.05) is 59.0 Å². The SMILES string of the molecule is CCNC(=NCC(C)CN1CCOCC1)NC1CCN(C(=O)C(C)C)CC1. The predicted molar refractivity (Wildman–Crippen MR) is 110 cm³/mol. The van der Waals surface area contributed by atoms with E-state index in [9.17, 15) is 4.79 Å². The normalized spacial score (nSPS) is 21.4. The van der Waals surface area contributed by atoms with E-state index in [1.165, 1.54) is 0 Å². The molecule has 1 unspecified atom stereocenters. The van der Waals surface area contributed by atoms with Gasteiger partial charge >= 0.3 is 0 Å². The molecular weight excluding hydrogens is 342 g/mol. The van der Waals surface area contributed by atoms with Crippen molar-refractivity contribution < 1.29 is 9.53 Å². The van der Waals surface area contributed by atoms with Crippen LogP contribution in [0.1, 0.15) is 40.5 Å². The number of likely N-dealkylation sites (tertiary alicyclic amines) is 1. The Kier molecular flexibility index (Phi) is 9.34. The van der Waals surface area contributed by atoms with Crippen molar-refractivity contribution in [2.24, 2.45) is 16.8 Å². The van der Waals surface area contributed by atoms with Crippen molar-refractivity contribution >= 4 is 11.9 Å². The number of amides is 1. The highest BCUT2D eigenvalue weighted by atomic mass is 16.5. The maximum absolute atomic E-state index is 12.1. The molecular formula is C20H39N5O2. The van der Waals surface area contributed by atoms with Gasteiger partial charge in [0.25, 0.3) is 0 Å². The van der Waals surface area contributed by atoms with Crippen LogP contribution in [-0.4, -0.2) is 86.7 Å². The van der Waals surface area contributed by atoms with Crippen molar-refractivity contribution in [3.63, 3.8) is 0 Å². The number of hydrogen-bond acceptors (Lipinski definition) is 4. The zero-order chi connectivity index (χ0) is 19.6. The summed E-state index contributed by atoms with van der Waals surface area (Å²) in [6.45, 7) is 16.5. The summed E-state index contributed by atoms with van der Waals surface area (Å²) in [4.78, 5) is 21.4. The van der Waals surface area contributed by atoms with Gasteiger partial charge in [-0.15, -0.1) is 0 Å². The summed E-state index contributed by atoms with van der Waals surface area (Å²) >= 11 is 0. The fraction of sp³-hybridized carbons (Fsp3) is 0.900. The Bertz CT molecular complexity index is 469. The second kappa shape index (κ2) is 11.5. The van der Waals surface area contributed by atoms with E-state index in [0.717, 1.165) is 77.8 Å². The lowest BCUT2D eigenvalue weighted by Gasteiger charge is -2.34. The summed E-state index contributed by atoms with van der Waals surface area (Å²) in [6.07, 6.45) is 1.96. The molecule has 0 aliphatic carbocycles. The second-order valence-corrected chi connectivity index (χ2v) is 8.14. The summed E-state index contributed by atoms with van der Waals surface area (Å²) in [7, 11) is 0. The van der Waals surface area contributed by atoms with E-state index in [0.29, 0.717) is 12.0 Å². The van der Waals surface area contributed by atoms with Crippen LogP contribution < -0.4 is 10.6 Å². The number of nitrogens with zero attached hydrogens (tertiary/aromatic N) is 3. The highest BCUT2D eigenvalue weighted by Crippen LogP contribution is 2.13. The average Bonchev–Trinajstić information content (AvgIpc) is 2.67. The van der Waals surface area contributed by atoms with E-state index in [1.807, 2.05) is 18.7 Å². The lowest BCUT2D eigenvalue weighted by Crippen LogP contribution is -2.50. The van der Waals surface area contributed by atoms with Gasteiger partial charge in [0, 0.05) is 57.8 Å². The van der Waals surface area contributed by atoms with Gasteiger partial charge in [-0.1, -0.05) is 20.8 Å². The van der Waals surface area contributed by atoms with E-state index < -0.39 is 0 Å². The molecule has 2 aliphatic rings. The number of aliphatic imine (C=N–C) groups is 1. The first-order valence-electron chi connectivity index (χ1n) is 10.6. The van der Waals surface area contributed by atoms with Crippen LogP contribution in [0.4, 0.5) is 0 Å². The molecule has 0 bridgehead atoms. The minimum Gasteiger partial charge on any atom is -0.379 e. The molecule has 2 heterocycles. The van der Waals surface area contributed by atoms with Crippen molar-refractivity contribution in [1.82, 2.24) is 20.4 Å². The Morgan fingerprint density at radius 2 is 1.81 bits per heavy atom. The smallest absolute Gasteiger partial charge is 0.225 e. The van der Waals surface area contributed by atoms with Gasteiger partial charge in [-0.05, 0) is 25.7 Å². The molecule has 0 aromatic rings. The number of carbonyl (C=O) groups excluding carboxylic acids is 1. The number of rotatable bonds is 7.